The Kier molecular flexibility index (Phi) is 3.88. The van der Waals surface area contributed by atoms with Crippen molar-refractivity contribution in [2.24, 2.45) is 0 Å². The monoisotopic (exact) mass is 287 g/mol. The van der Waals surface area contributed by atoms with E-state index < -0.39 is 0 Å². The van der Waals surface area contributed by atoms with Crippen molar-refractivity contribution in [1.82, 2.24) is 5.32 Å². The first-order chi connectivity index (χ1) is 8.47. The van der Waals surface area contributed by atoms with Crippen molar-refractivity contribution in [3.05, 3.63) is 22.2 Å². The maximum Gasteiger partial charge on any atom is 0.239 e. The number of hydrogen-bond acceptors (Lipinski definition) is 3. The Morgan fingerprint density at radius 2 is 2.00 bits per heavy atom. The zero-order chi connectivity index (χ0) is 13.3. The van der Waals surface area contributed by atoms with E-state index in [-0.39, 0.29) is 12.5 Å². The fourth-order valence-electron chi connectivity index (χ4n) is 1.75. The van der Waals surface area contributed by atoms with E-state index in [0.717, 1.165) is 12.8 Å². The first-order valence-electron chi connectivity index (χ1n) is 5.72. The van der Waals surface area contributed by atoms with E-state index in [1.165, 1.54) is 0 Å². The number of hydrogen-bond donors (Lipinski definition) is 2. The molecule has 0 aliphatic heterocycles. The average Bonchev–Trinajstić information content (AvgIpc) is 2.98. The summed E-state index contributed by atoms with van der Waals surface area (Å²) in [5.74, 6) is -0.0241. The number of likely N-dealkylation sites (N-methyl/N-ethyl adjacent to an activating group) is 1. The summed E-state index contributed by atoms with van der Waals surface area (Å²) in [4.78, 5) is 13.4. The molecule has 1 fully saturated rings. The third-order valence-electron chi connectivity index (χ3n) is 2.74. The number of amides is 1. The number of nitrogen functional groups attached to an aromatic ring is 1. The third kappa shape index (κ3) is 3.21. The van der Waals surface area contributed by atoms with Crippen LogP contribution in [-0.2, 0) is 4.79 Å². The molecule has 1 saturated carbocycles. The summed E-state index contributed by atoms with van der Waals surface area (Å²) < 4.78 is 0. The molecular formula is C12H15Cl2N3O. The van der Waals surface area contributed by atoms with Crippen LogP contribution in [0, 0.1) is 0 Å². The number of halogens is 2. The Morgan fingerprint density at radius 1 is 1.44 bits per heavy atom. The lowest BCUT2D eigenvalue weighted by molar-refractivity contribution is -0.119. The fraction of sp³-hybridized carbons (Fsp3) is 0.417. The zero-order valence-corrected chi connectivity index (χ0v) is 11.6. The van der Waals surface area contributed by atoms with Crippen LogP contribution in [0.4, 0.5) is 11.4 Å². The van der Waals surface area contributed by atoms with Crippen molar-refractivity contribution in [2.75, 3.05) is 24.2 Å². The second kappa shape index (κ2) is 5.24. The highest BCUT2D eigenvalue weighted by Crippen LogP contribution is 2.35. The normalized spacial score (nSPS) is 14.4. The van der Waals surface area contributed by atoms with E-state index in [1.807, 2.05) is 0 Å². The number of carbonyl (C=O) groups is 1. The first-order valence-corrected chi connectivity index (χ1v) is 6.48. The third-order valence-corrected chi connectivity index (χ3v) is 3.32. The Hall–Kier alpha value is -1.13. The molecule has 1 aliphatic carbocycles. The minimum absolute atomic E-state index is 0.0241. The van der Waals surface area contributed by atoms with Crippen LogP contribution in [0.3, 0.4) is 0 Å². The molecule has 4 nitrogen and oxygen atoms in total. The van der Waals surface area contributed by atoms with Gasteiger partial charge in [-0.25, -0.2) is 0 Å². The summed E-state index contributed by atoms with van der Waals surface area (Å²) >= 11 is 12.2. The molecule has 0 bridgehead atoms. The van der Waals surface area contributed by atoms with Gasteiger partial charge in [-0.1, -0.05) is 23.2 Å². The second-order valence-electron chi connectivity index (χ2n) is 4.53. The number of nitrogens with one attached hydrogen (secondary N) is 1. The van der Waals surface area contributed by atoms with Crippen LogP contribution < -0.4 is 16.0 Å². The van der Waals surface area contributed by atoms with Crippen molar-refractivity contribution in [1.29, 1.82) is 0 Å². The van der Waals surface area contributed by atoms with Crippen molar-refractivity contribution in [3.8, 4) is 0 Å². The molecule has 0 saturated heterocycles. The van der Waals surface area contributed by atoms with Gasteiger partial charge in [-0.05, 0) is 25.0 Å². The SMILES string of the molecule is CN(CC(=O)NC1CC1)c1c(Cl)cc(N)cc1Cl. The highest BCUT2D eigenvalue weighted by Gasteiger charge is 2.24. The van der Waals surface area contributed by atoms with Crippen LogP contribution in [0.15, 0.2) is 12.1 Å². The van der Waals surface area contributed by atoms with Crippen LogP contribution in [-0.4, -0.2) is 25.5 Å². The second-order valence-corrected chi connectivity index (χ2v) is 5.35. The van der Waals surface area contributed by atoms with Crippen molar-refractivity contribution >= 4 is 40.5 Å². The van der Waals surface area contributed by atoms with Gasteiger partial charge >= 0.3 is 0 Å². The van der Waals surface area contributed by atoms with E-state index in [2.05, 4.69) is 5.32 Å². The molecule has 0 heterocycles. The molecule has 0 radical (unpaired) electrons. The summed E-state index contributed by atoms with van der Waals surface area (Å²) in [6.45, 7) is 0.222. The fourth-order valence-corrected chi connectivity index (χ4v) is 2.54. The van der Waals surface area contributed by atoms with Crippen LogP contribution in [0.25, 0.3) is 0 Å². The molecular weight excluding hydrogens is 273 g/mol. The van der Waals surface area contributed by atoms with Crippen molar-refractivity contribution < 1.29 is 4.79 Å². The standard InChI is InChI=1S/C12H15Cl2N3O/c1-17(6-11(18)16-8-2-3-8)12-9(13)4-7(15)5-10(12)14/h4-5,8H,2-3,6,15H2,1H3,(H,16,18). The maximum atomic E-state index is 11.7. The van der Waals surface area contributed by atoms with Gasteiger partial charge in [0.1, 0.15) is 0 Å². The van der Waals surface area contributed by atoms with Gasteiger partial charge in [0.15, 0.2) is 0 Å². The predicted molar refractivity (Wildman–Crippen MR) is 75.3 cm³/mol. The summed E-state index contributed by atoms with van der Waals surface area (Å²) in [5, 5.41) is 3.81. The molecule has 0 unspecified atom stereocenters. The zero-order valence-electron chi connectivity index (χ0n) is 10.0. The van der Waals surface area contributed by atoms with E-state index in [0.29, 0.717) is 27.5 Å². The molecule has 1 aromatic carbocycles. The molecule has 0 aromatic heterocycles. The number of benzene rings is 1. The average molecular weight is 288 g/mol. The molecule has 18 heavy (non-hydrogen) atoms. The molecule has 1 aromatic rings. The molecule has 1 aliphatic rings. The first kappa shape index (κ1) is 13.3. The minimum Gasteiger partial charge on any atom is -0.399 e. The molecule has 1 amide bonds. The number of anilines is 2. The molecule has 98 valence electrons. The number of nitrogens with two attached hydrogens (primary N) is 1. The van der Waals surface area contributed by atoms with Gasteiger partial charge in [0, 0.05) is 18.8 Å². The summed E-state index contributed by atoms with van der Waals surface area (Å²) in [6, 6.07) is 3.60. The number of carbonyl (C=O) groups excluding carboxylic acids is 1. The lowest BCUT2D eigenvalue weighted by atomic mass is 10.2. The Bertz CT molecular complexity index is 451. The van der Waals surface area contributed by atoms with Gasteiger partial charge in [0.05, 0.1) is 22.3 Å². The summed E-state index contributed by atoms with van der Waals surface area (Å²) in [7, 11) is 1.77. The van der Waals surface area contributed by atoms with Gasteiger partial charge in [-0.15, -0.1) is 0 Å². The van der Waals surface area contributed by atoms with Crippen LogP contribution in [0.1, 0.15) is 12.8 Å². The van der Waals surface area contributed by atoms with Crippen LogP contribution in [0.5, 0.6) is 0 Å². The predicted octanol–water partition coefficient (Wildman–Crippen LogP) is 2.29. The van der Waals surface area contributed by atoms with E-state index in [4.69, 9.17) is 28.9 Å². The number of rotatable bonds is 4. The Labute approximate surface area is 116 Å². The van der Waals surface area contributed by atoms with Crippen LogP contribution in [0.2, 0.25) is 10.0 Å². The Morgan fingerprint density at radius 3 is 2.50 bits per heavy atom. The maximum absolute atomic E-state index is 11.7. The lowest BCUT2D eigenvalue weighted by Crippen LogP contribution is -2.36. The molecule has 6 heteroatoms. The molecule has 0 atom stereocenters. The number of nitrogens with zero attached hydrogens (tertiary/aromatic N) is 1. The summed E-state index contributed by atoms with van der Waals surface area (Å²) in [5.41, 5.74) is 6.77. The summed E-state index contributed by atoms with van der Waals surface area (Å²) in [6.07, 6.45) is 2.14. The molecule has 2 rings (SSSR count). The highest BCUT2D eigenvalue weighted by atomic mass is 35.5. The van der Waals surface area contributed by atoms with E-state index in [9.17, 15) is 4.79 Å². The highest BCUT2D eigenvalue weighted by molar-refractivity contribution is 6.39. The van der Waals surface area contributed by atoms with E-state index in [1.54, 1.807) is 24.1 Å². The Balaban J connectivity index is 2.07. The van der Waals surface area contributed by atoms with E-state index >= 15 is 0 Å². The largest absolute Gasteiger partial charge is 0.399 e. The quantitative estimate of drug-likeness (QED) is 0.836. The van der Waals surface area contributed by atoms with Gasteiger partial charge in [0.25, 0.3) is 0 Å². The van der Waals surface area contributed by atoms with Gasteiger partial charge in [0.2, 0.25) is 5.91 Å². The smallest absolute Gasteiger partial charge is 0.239 e. The molecule has 3 N–H and O–H groups in total. The minimum atomic E-state index is -0.0241. The van der Waals surface area contributed by atoms with Gasteiger partial charge in [-0.3, -0.25) is 4.79 Å². The van der Waals surface area contributed by atoms with Gasteiger partial charge in [-0.2, -0.15) is 0 Å². The van der Waals surface area contributed by atoms with Crippen molar-refractivity contribution in [2.45, 2.75) is 18.9 Å². The van der Waals surface area contributed by atoms with Crippen molar-refractivity contribution in [3.63, 3.8) is 0 Å². The molecule has 0 spiro atoms. The topological polar surface area (TPSA) is 58.4 Å². The lowest BCUT2D eigenvalue weighted by Gasteiger charge is -2.21. The van der Waals surface area contributed by atoms with Crippen LogP contribution >= 0.6 is 23.2 Å². The van der Waals surface area contributed by atoms with Gasteiger partial charge < -0.3 is 16.0 Å².